The molecule has 1 aromatic carbocycles. The number of sulfonamides is 1. The van der Waals surface area contributed by atoms with Crippen molar-refractivity contribution in [1.29, 1.82) is 0 Å². The zero-order valence-electron chi connectivity index (χ0n) is 18.9. The van der Waals surface area contributed by atoms with Gasteiger partial charge in [-0.05, 0) is 25.5 Å². The van der Waals surface area contributed by atoms with Gasteiger partial charge in [0.15, 0.2) is 0 Å². The van der Waals surface area contributed by atoms with Crippen LogP contribution >= 0.6 is 11.8 Å². The molecule has 0 spiro atoms. The Hall–Kier alpha value is -2.30. The van der Waals surface area contributed by atoms with Crippen molar-refractivity contribution in [2.75, 3.05) is 51.2 Å². The molecular formula is C23H29N5O3S2. The van der Waals surface area contributed by atoms with E-state index in [1.807, 2.05) is 54.2 Å². The average Bonchev–Trinajstić information content (AvgIpc) is 3.46. The second-order valence-electron chi connectivity index (χ2n) is 8.84. The maximum absolute atomic E-state index is 13.2. The van der Waals surface area contributed by atoms with E-state index in [0.717, 1.165) is 29.7 Å². The number of para-hydroxylation sites is 1. The van der Waals surface area contributed by atoms with Crippen LogP contribution in [-0.4, -0.2) is 85.1 Å². The third-order valence-corrected chi connectivity index (χ3v) is 10.4. The Labute approximate surface area is 199 Å². The van der Waals surface area contributed by atoms with E-state index in [1.54, 1.807) is 6.20 Å². The van der Waals surface area contributed by atoms with Crippen LogP contribution in [0.5, 0.6) is 0 Å². The van der Waals surface area contributed by atoms with Crippen LogP contribution in [0.2, 0.25) is 0 Å². The lowest BCUT2D eigenvalue weighted by Gasteiger charge is -2.37. The highest BCUT2D eigenvalue weighted by molar-refractivity contribution is 8.18. The van der Waals surface area contributed by atoms with E-state index < -0.39 is 10.0 Å². The van der Waals surface area contributed by atoms with Gasteiger partial charge < -0.3 is 14.7 Å². The first-order chi connectivity index (χ1) is 15.8. The number of thioether (sulfide) groups is 1. The van der Waals surface area contributed by atoms with Crippen LogP contribution in [0.3, 0.4) is 0 Å². The highest BCUT2D eigenvalue weighted by Crippen LogP contribution is 2.38. The van der Waals surface area contributed by atoms with Crippen molar-refractivity contribution in [2.45, 2.75) is 18.7 Å². The number of hydrogen-bond donors (Lipinski definition) is 0. The van der Waals surface area contributed by atoms with Gasteiger partial charge in [-0.2, -0.15) is 4.31 Å². The zero-order valence-corrected chi connectivity index (χ0v) is 20.6. The third kappa shape index (κ3) is 4.20. The number of aromatic nitrogens is 1. The van der Waals surface area contributed by atoms with Gasteiger partial charge >= 0.3 is 0 Å². The highest BCUT2D eigenvalue weighted by Gasteiger charge is 2.40. The van der Waals surface area contributed by atoms with E-state index in [0.29, 0.717) is 30.3 Å². The van der Waals surface area contributed by atoms with Gasteiger partial charge in [0, 0.05) is 69.8 Å². The van der Waals surface area contributed by atoms with E-state index >= 15 is 0 Å². The normalized spacial score (nSPS) is 24.5. The molecule has 1 amide bonds. The number of nitrogens with zero attached hydrogens (tertiary/aromatic N) is 5. The molecule has 0 bridgehead atoms. The van der Waals surface area contributed by atoms with Gasteiger partial charge in [-0.1, -0.05) is 30.0 Å². The molecule has 0 aliphatic carbocycles. The molecule has 2 aromatic rings. The number of anilines is 1. The molecule has 2 saturated heterocycles. The number of benzene rings is 1. The number of piperazine rings is 1. The summed E-state index contributed by atoms with van der Waals surface area (Å²) in [5.74, 6) is -0.194. The van der Waals surface area contributed by atoms with Gasteiger partial charge in [-0.15, -0.1) is 0 Å². The van der Waals surface area contributed by atoms with Crippen LogP contribution in [0, 0.1) is 5.92 Å². The van der Waals surface area contributed by atoms with Crippen molar-refractivity contribution < 1.29 is 13.2 Å². The average molecular weight is 488 g/mol. The number of pyridine rings is 1. The molecule has 3 aliphatic rings. The molecule has 33 heavy (non-hydrogen) atoms. The zero-order chi connectivity index (χ0) is 23.2. The first-order valence-electron chi connectivity index (χ1n) is 11.3. The van der Waals surface area contributed by atoms with Crippen LogP contribution in [0.25, 0.3) is 10.9 Å². The second kappa shape index (κ2) is 8.81. The maximum atomic E-state index is 13.2. The minimum Gasteiger partial charge on any atom is -0.367 e. The molecule has 10 heteroatoms. The summed E-state index contributed by atoms with van der Waals surface area (Å²) < 4.78 is 28.0. The summed E-state index contributed by atoms with van der Waals surface area (Å²) in [5.41, 5.74) is 2.12. The quantitative estimate of drug-likeness (QED) is 0.655. The van der Waals surface area contributed by atoms with Gasteiger partial charge in [-0.25, -0.2) is 8.42 Å². The third-order valence-electron chi connectivity index (χ3n) is 6.82. The van der Waals surface area contributed by atoms with Crippen molar-refractivity contribution in [2.24, 2.45) is 5.92 Å². The first kappa shape index (κ1) is 22.5. The molecule has 2 atom stereocenters. The van der Waals surface area contributed by atoms with E-state index in [2.05, 4.69) is 16.0 Å². The van der Waals surface area contributed by atoms with Gasteiger partial charge in [0.05, 0.1) is 16.8 Å². The topological polar surface area (TPSA) is 77.1 Å². The SMILES string of the molecule is CC1SC(S(=O)(=O)N2CCC(C(=O)N3CCN(c4ccnc5ccccc45)CC3)C2)=CN1C. The predicted molar refractivity (Wildman–Crippen MR) is 132 cm³/mol. The van der Waals surface area contributed by atoms with Gasteiger partial charge in [-0.3, -0.25) is 9.78 Å². The van der Waals surface area contributed by atoms with Gasteiger partial charge in [0.25, 0.3) is 10.0 Å². The minimum absolute atomic E-state index is 0.0745. The Morgan fingerprint density at radius 1 is 1.09 bits per heavy atom. The van der Waals surface area contributed by atoms with Crippen molar-refractivity contribution in [3.8, 4) is 0 Å². The van der Waals surface area contributed by atoms with Crippen molar-refractivity contribution in [3.63, 3.8) is 0 Å². The second-order valence-corrected chi connectivity index (χ2v) is 12.4. The molecule has 1 aromatic heterocycles. The Morgan fingerprint density at radius 3 is 2.58 bits per heavy atom. The molecule has 176 valence electrons. The van der Waals surface area contributed by atoms with Crippen LogP contribution < -0.4 is 4.90 Å². The Kier molecular flexibility index (Phi) is 6.00. The fourth-order valence-corrected chi connectivity index (χ4v) is 8.02. The standard InChI is InChI=1S/C23H29N5O3S2/c1-17-25(2)16-22(32-17)33(30,31)28-10-8-18(15-28)23(29)27-13-11-26(12-14-27)21-7-9-24-20-6-4-3-5-19(20)21/h3-7,9,16-18H,8,10-15H2,1-2H3. The number of hydrogen-bond acceptors (Lipinski definition) is 7. The van der Waals surface area contributed by atoms with E-state index in [9.17, 15) is 13.2 Å². The molecule has 5 rings (SSSR count). The summed E-state index contributed by atoms with van der Waals surface area (Å²) in [7, 11) is -1.66. The molecule has 3 aliphatic heterocycles. The maximum Gasteiger partial charge on any atom is 0.250 e. The van der Waals surface area contributed by atoms with Crippen LogP contribution in [0.15, 0.2) is 47.0 Å². The van der Waals surface area contributed by atoms with Gasteiger partial charge in [0.1, 0.15) is 4.24 Å². The number of rotatable bonds is 4. The van der Waals surface area contributed by atoms with E-state index in [4.69, 9.17) is 0 Å². The van der Waals surface area contributed by atoms with Crippen LogP contribution in [0.1, 0.15) is 13.3 Å². The van der Waals surface area contributed by atoms with Crippen molar-refractivity contribution in [3.05, 3.63) is 47.0 Å². The van der Waals surface area contributed by atoms with Crippen molar-refractivity contribution >= 4 is 44.3 Å². The first-order valence-corrected chi connectivity index (χ1v) is 13.6. The molecule has 0 saturated carbocycles. The monoisotopic (exact) mass is 487 g/mol. The van der Waals surface area contributed by atoms with Crippen LogP contribution in [-0.2, 0) is 14.8 Å². The molecule has 0 radical (unpaired) electrons. The number of fused-ring (bicyclic) bond motifs is 1. The molecule has 0 N–H and O–H groups in total. The lowest BCUT2D eigenvalue weighted by molar-refractivity contribution is -0.135. The Balaban J connectivity index is 1.21. The van der Waals surface area contributed by atoms with Crippen LogP contribution in [0.4, 0.5) is 5.69 Å². The molecule has 4 heterocycles. The fourth-order valence-electron chi connectivity index (χ4n) is 4.74. The molecular weight excluding hydrogens is 458 g/mol. The molecule has 8 nitrogen and oxygen atoms in total. The summed E-state index contributed by atoms with van der Waals surface area (Å²) in [6.45, 7) is 5.44. The highest BCUT2D eigenvalue weighted by atomic mass is 32.3. The lowest BCUT2D eigenvalue weighted by atomic mass is 10.1. The summed E-state index contributed by atoms with van der Waals surface area (Å²) in [4.78, 5) is 23.8. The largest absolute Gasteiger partial charge is 0.367 e. The van der Waals surface area contributed by atoms with E-state index in [1.165, 1.54) is 16.1 Å². The van der Waals surface area contributed by atoms with E-state index in [-0.39, 0.29) is 23.7 Å². The lowest BCUT2D eigenvalue weighted by Crippen LogP contribution is -2.50. The minimum atomic E-state index is -3.54. The Morgan fingerprint density at radius 2 is 1.85 bits per heavy atom. The molecule has 2 unspecified atom stereocenters. The summed E-state index contributed by atoms with van der Waals surface area (Å²) in [6, 6.07) is 10.1. The summed E-state index contributed by atoms with van der Waals surface area (Å²) >= 11 is 1.36. The predicted octanol–water partition coefficient (Wildman–Crippen LogP) is 2.36. The summed E-state index contributed by atoms with van der Waals surface area (Å²) in [5, 5.41) is 1.22. The number of carbonyl (C=O) groups excluding carboxylic acids is 1. The Bertz CT molecular complexity index is 1190. The van der Waals surface area contributed by atoms with Gasteiger partial charge in [0.2, 0.25) is 5.91 Å². The van der Waals surface area contributed by atoms with Crippen molar-refractivity contribution in [1.82, 2.24) is 19.1 Å². The smallest absolute Gasteiger partial charge is 0.250 e. The number of carbonyl (C=O) groups is 1. The molecule has 2 fully saturated rings. The fraction of sp³-hybridized carbons (Fsp3) is 0.478. The summed E-state index contributed by atoms with van der Waals surface area (Å²) in [6.07, 6.45) is 4.11. The number of amides is 1.